The Morgan fingerprint density at radius 1 is 1.19 bits per heavy atom. The second kappa shape index (κ2) is 7.28. The number of hydrogen-bond acceptors (Lipinski definition) is 7. The largest absolute Gasteiger partial charge is 0.362 e. The van der Waals surface area contributed by atoms with E-state index in [2.05, 4.69) is 0 Å². The van der Waals surface area contributed by atoms with E-state index in [4.69, 9.17) is 0 Å². The van der Waals surface area contributed by atoms with Gasteiger partial charge in [0.05, 0.1) is 14.7 Å². The Balaban J connectivity index is 1.79. The van der Waals surface area contributed by atoms with Crippen molar-refractivity contribution in [3.8, 4) is 0 Å². The number of thiophene rings is 1. The van der Waals surface area contributed by atoms with Gasteiger partial charge in [-0.05, 0) is 36.1 Å². The molecule has 1 fully saturated rings. The number of nitro groups is 1. The van der Waals surface area contributed by atoms with Gasteiger partial charge in [0.25, 0.3) is 11.6 Å². The topological polar surface area (TPSA) is 101 Å². The van der Waals surface area contributed by atoms with Crippen molar-refractivity contribution >= 4 is 38.5 Å². The number of carbonyl (C=O) groups is 1. The van der Waals surface area contributed by atoms with Crippen LogP contribution in [-0.2, 0) is 9.84 Å². The molecule has 3 rings (SSSR count). The maximum atomic E-state index is 12.6. The number of amides is 1. The number of nitrogens with zero attached hydrogens (tertiary/aromatic N) is 3. The lowest BCUT2D eigenvalue weighted by atomic mass is 10.2. The van der Waals surface area contributed by atoms with Gasteiger partial charge in [0.15, 0.2) is 9.84 Å². The standard InChI is InChI=1S/C17H19N3O5S2/c1-12-5-10-26-16(12)17(21)19-8-6-18(7-9-19)14-4-3-13(27(2,24)25)11-15(14)20(22)23/h3-5,10-11H,6-9H2,1-2H3. The van der Waals surface area contributed by atoms with E-state index < -0.39 is 14.8 Å². The van der Waals surface area contributed by atoms with Crippen LogP contribution in [0, 0.1) is 17.0 Å². The Labute approximate surface area is 161 Å². The minimum Gasteiger partial charge on any atom is -0.362 e. The average Bonchev–Trinajstić information content (AvgIpc) is 3.06. The van der Waals surface area contributed by atoms with Crippen molar-refractivity contribution in [2.75, 3.05) is 37.3 Å². The van der Waals surface area contributed by atoms with Crippen LogP contribution < -0.4 is 4.90 Å². The molecule has 2 heterocycles. The molecule has 27 heavy (non-hydrogen) atoms. The molecule has 10 heteroatoms. The summed E-state index contributed by atoms with van der Waals surface area (Å²) in [5.74, 6) is -0.0240. The van der Waals surface area contributed by atoms with Crippen molar-refractivity contribution in [2.45, 2.75) is 11.8 Å². The number of carbonyl (C=O) groups excluding carboxylic acids is 1. The highest BCUT2D eigenvalue weighted by Gasteiger charge is 2.28. The maximum absolute atomic E-state index is 12.6. The highest BCUT2D eigenvalue weighted by atomic mass is 32.2. The Morgan fingerprint density at radius 2 is 1.85 bits per heavy atom. The first-order valence-electron chi connectivity index (χ1n) is 8.25. The molecule has 8 nitrogen and oxygen atoms in total. The maximum Gasteiger partial charge on any atom is 0.293 e. The summed E-state index contributed by atoms with van der Waals surface area (Å²) in [5.41, 5.74) is 1.07. The van der Waals surface area contributed by atoms with Crippen LogP contribution in [0.1, 0.15) is 15.2 Å². The molecule has 1 aliphatic rings. The van der Waals surface area contributed by atoms with Crippen LogP contribution in [-0.4, -0.2) is 56.6 Å². The summed E-state index contributed by atoms with van der Waals surface area (Å²) in [4.78, 5) is 27.6. The van der Waals surface area contributed by atoms with Crippen molar-refractivity contribution in [3.63, 3.8) is 0 Å². The molecule has 0 spiro atoms. The highest BCUT2D eigenvalue weighted by Crippen LogP contribution is 2.31. The highest BCUT2D eigenvalue weighted by molar-refractivity contribution is 7.90. The van der Waals surface area contributed by atoms with Gasteiger partial charge in [-0.3, -0.25) is 14.9 Å². The number of benzene rings is 1. The Kier molecular flexibility index (Phi) is 5.20. The lowest BCUT2D eigenvalue weighted by molar-refractivity contribution is -0.384. The number of aryl methyl sites for hydroxylation is 1. The first-order valence-corrected chi connectivity index (χ1v) is 11.0. The second-order valence-corrected chi connectivity index (χ2v) is 9.32. The van der Waals surface area contributed by atoms with Crippen LogP contribution in [0.15, 0.2) is 34.5 Å². The molecule has 2 aromatic rings. The van der Waals surface area contributed by atoms with Gasteiger partial charge in [-0.25, -0.2) is 8.42 Å². The SMILES string of the molecule is Cc1ccsc1C(=O)N1CCN(c2ccc(S(C)(=O)=O)cc2[N+](=O)[O-])CC1. The van der Waals surface area contributed by atoms with E-state index in [1.165, 1.54) is 23.5 Å². The van der Waals surface area contributed by atoms with Gasteiger partial charge < -0.3 is 9.80 Å². The van der Waals surface area contributed by atoms with Crippen LogP contribution in [0.3, 0.4) is 0 Å². The van der Waals surface area contributed by atoms with Crippen molar-refractivity contribution in [1.29, 1.82) is 0 Å². The minimum atomic E-state index is -3.53. The molecule has 1 saturated heterocycles. The van der Waals surface area contributed by atoms with E-state index in [1.54, 1.807) is 4.90 Å². The van der Waals surface area contributed by atoms with Crippen molar-refractivity contribution in [2.24, 2.45) is 0 Å². The lowest BCUT2D eigenvalue weighted by Gasteiger charge is -2.35. The number of nitro benzene ring substituents is 1. The predicted octanol–water partition coefficient (Wildman–Crippen LogP) is 2.33. The molecule has 0 bridgehead atoms. The molecule has 0 atom stereocenters. The summed E-state index contributed by atoms with van der Waals surface area (Å²) in [6.07, 6.45) is 1.02. The zero-order valence-electron chi connectivity index (χ0n) is 14.9. The molecule has 144 valence electrons. The number of sulfone groups is 1. The molecular formula is C17H19N3O5S2. The fraction of sp³-hybridized carbons (Fsp3) is 0.353. The summed E-state index contributed by atoms with van der Waals surface area (Å²) in [7, 11) is -3.53. The third-order valence-electron chi connectivity index (χ3n) is 4.54. The van der Waals surface area contributed by atoms with Gasteiger partial charge in [-0.15, -0.1) is 11.3 Å². The van der Waals surface area contributed by atoms with Gasteiger partial charge >= 0.3 is 0 Å². The smallest absolute Gasteiger partial charge is 0.293 e. The van der Waals surface area contributed by atoms with Gasteiger partial charge in [-0.2, -0.15) is 0 Å². The normalized spacial score (nSPS) is 15.0. The van der Waals surface area contributed by atoms with Gasteiger partial charge in [-0.1, -0.05) is 0 Å². The predicted molar refractivity (Wildman–Crippen MR) is 103 cm³/mol. The first kappa shape index (κ1) is 19.3. The number of piperazine rings is 1. The summed E-state index contributed by atoms with van der Waals surface area (Å²) in [6, 6.07) is 5.84. The Bertz CT molecular complexity index is 992. The monoisotopic (exact) mass is 409 g/mol. The van der Waals surface area contributed by atoms with E-state index in [-0.39, 0.29) is 16.5 Å². The van der Waals surface area contributed by atoms with Crippen LogP contribution in [0.25, 0.3) is 0 Å². The third-order valence-corrected chi connectivity index (χ3v) is 6.65. The number of hydrogen-bond donors (Lipinski definition) is 0. The van der Waals surface area contributed by atoms with E-state index in [0.717, 1.165) is 17.9 Å². The summed E-state index contributed by atoms with van der Waals surface area (Å²) in [5, 5.41) is 13.3. The Morgan fingerprint density at radius 3 is 2.37 bits per heavy atom. The van der Waals surface area contributed by atoms with Crippen LogP contribution >= 0.6 is 11.3 Å². The van der Waals surface area contributed by atoms with Crippen molar-refractivity contribution < 1.29 is 18.1 Å². The minimum absolute atomic E-state index is 0.0240. The first-order chi connectivity index (χ1) is 12.7. The van der Waals surface area contributed by atoms with E-state index in [9.17, 15) is 23.3 Å². The Hall–Kier alpha value is -2.46. The zero-order valence-corrected chi connectivity index (χ0v) is 16.5. The molecule has 0 N–H and O–H groups in total. The van der Waals surface area contributed by atoms with Gasteiger partial charge in [0, 0.05) is 38.5 Å². The van der Waals surface area contributed by atoms with Gasteiger partial charge in [0.2, 0.25) is 0 Å². The van der Waals surface area contributed by atoms with E-state index in [0.29, 0.717) is 36.7 Å². The fourth-order valence-corrected chi connectivity index (χ4v) is 4.57. The summed E-state index contributed by atoms with van der Waals surface area (Å²) >= 11 is 1.41. The summed E-state index contributed by atoms with van der Waals surface area (Å²) in [6.45, 7) is 3.67. The molecule has 1 amide bonds. The summed E-state index contributed by atoms with van der Waals surface area (Å²) < 4.78 is 23.3. The molecule has 1 aromatic heterocycles. The van der Waals surface area contributed by atoms with Crippen molar-refractivity contribution in [1.82, 2.24) is 4.90 Å². The van der Waals surface area contributed by atoms with Crippen LogP contribution in [0.5, 0.6) is 0 Å². The van der Waals surface area contributed by atoms with Gasteiger partial charge in [0.1, 0.15) is 5.69 Å². The molecule has 0 saturated carbocycles. The molecule has 1 aliphatic heterocycles. The fourth-order valence-electron chi connectivity index (χ4n) is 3.03. The molecule has 0 aliphatic carbocycles. The zero-order chi connectivity index (χ0) is 19.8. The average molecular weight is 409 g/mol. The lowest BCUT2D eigenvalue weighted by Crippen LogP contribution is -2.48. The quantitative estimate of drug-likeness (QED) is 0.567. The molecule has 0 radical (unpaired) electrons. The second-order valence-electron chi connectivity index (χ2n) is 6.39. The van der Waals surface area contributed by atoms with E-state index >= 15 is 0 Å². The molecule has 1 aromatic carbocycles. The third kappa shape index (κ3) is 3.96. The number of anilines is 1. The van der Waals surface area contributed by atoms with Crippen molar-refractivity contribution in [3.05, 3.63) is 50.2 Å². The molecule has 0 unspecified atom stereocenters. The molecular weight excluding hydrogens is 390 g/mol. The van der Waals surface area contributed by atoms with Crippen LogP contribution in [0.2, 0.25) is 0 Å². The van der Waals surface area contributed by atoms with Crippen LogP contribution in [0.4, 0.5) is 11.4 Å². The van der Waals surface area contributed by atoms with E-state index in [1.807, 2.05) is 23.3 Å². The number of rotatable bonds is 4.